The van der Waals surface area contributed by atoms with E-state index in [1.165, 1.54) is 0 Å². The van der Waals surface area contributed by atoms with Gasteiger partial charge in [0.1, 0.15) is 0 Å². The fourth-order valence-corrected chi connectivity index (χ4v) is 5.11. The molecule has 2 rings (SSSR count). The zero-order valence-corrected chi connectivity index (χ0v) is 14.6. The van der Waals surface area contributed by atoms with Crippen molar-refractivity contribution in [2.45, 2.75) is 50.8 Å². The van der Waals surface area contributed by atoms with E-state index < -0.39 is 10.0 Å². The second kappa shape index (κ2) is 6.67. The zero-order chi connectivity index (χ0) is 15.6. The first kappa shape index (κ1) is 16.8. The summed E-state index contributed by atoms with van der Waals surface area (Å²) in [6.45, 7) is 7.22. The summed E-state index contributed by atoms with van der Waals surface area (Å²) in [7, 11) is -3.41. The number of piperidine rings is 1. The molecule has 1 fully saturated rings. The SMILES string of the molecule is CCC1CCCN(S(=O)(=O)c2cc(CCl)c(C)cc2C)C1. The summed E-state index contributed by atoms with van der Waals surface area (Å²) in [5.41, 5.74) is 2.75. The van der Waals surface area contributed by atoms with Crippen molar-refractivity contribution in [3.8, 4) is 0 Å². The molecule has 0 bridgehead atoms. The number of benzene rings is 1. The van der Waals surface area contributed by atoms with E-state index in [9.17, 15) is 8.42 Å². The van der Waals surface area contributed by atoms with Crippen LogP contribution in [0.15, 0.2) is 17.0 Å². The molecule has 1 aliphatic rings. The number of nitrogens with zero attached hydrogens (tertiary/aromatic N) is 1. The highest BCUT2D eigenvalue weighted by molar-refractivity contribution is 7.89. The smallest absolute Gasteiger partial charge is 0.207 e. The molecule has 21 heavy (non-hydrogen) atoms. The molecule has 0 saturated carbocycles. The minimum atomic E-state index is -3.41. The summed E-state index contributed by atoms with van der Waals surface area (Å²) in [6.07, 6.45) is 3.11. The van der Waals surface area contributed by atoms with Gasteiger partial charge in [-0.1, -0.05) is 19.4 Å². The lowest BCUT2D eigenvalue weighted by Crippen LogP contribution is -2.40. The first-order valence-corrected chi connectivity index (χ1v) is 9.53. The van der Waals surface area contributed by atoms with Gasteiger partial charge in [0.25, 0.3) is 0 Å². The minimum absolute atomic E-state index is 0.340. The summed E-state index contributed by atoms with van der Waals surface area (Å²) in [5.74, 6) is 0.818. The van der Waals surface area contributed by atoms with Crippen molar-refractivity contribution in [2.75, 3.05) is 13.1 Å². The van der Waals surface area contributed by atoms with Crippen LogP contribution in [0.3, 0.4) is 0 Å². The van der Waals surface area contributed by atoms with Gasteiger partial charge in [-0.25, -0.2) is 8.42 Å². The van der Waals surface area contributed by atoms with E-state index >= 15 is 0 Å². The van der Waals surface area contributed by atoms with Gasteiger partial charge in [0.15, 0.2) is 0 Å². The Morgan fingerprint density at radius 2 is 2.00 bits per heavy atom. The van der Waals surface area contributed by atoms with E-state index in [0.29, 0.717) is 29.8 Å². The molecule has 1 aliphatic heterocycles. The van der Waals surface area contributed by atoms with Crippen molar-refractivity contribution >= 4 is 21.6 Å². The molecule has 0 radical (unpaired) electrons. The molecular formula is C16H24ClNO2S. The molecule has 1 unspecified atom stereocenters. The Labute approximate surface area is 133 Å². The van der Waals surface area contributed by atoms with Crippen molar-refractivity contribution < 1.29 is 8.42 Å². The number of hydrogen-bond donors (Lipinski definition) is 0. The van der Waals surface area contributed by atoms with E-state index in [2.05, 4.69) is 6.92 Å². The molecule has 0 aromatic heterocycles. The molecule has 118 valence electrons. The van der Waals surface area contributed by atoms with Crippen LogP contribution in [0, 0.1) is 19.8 Å². The van der Waals surface area contributed by atoms with Gasteiger partial charge in [-0.2, -0.15) is 4.31 Å². The fourth-order valence-electron chi connectivity index (χ4n) is 3.01. The fraction of sp³-hybridized carbons (Fsp3) is 0.625. The molecule has 1 aromatic rings. The van der Waals surface area contributed by atoms with Gasteiger partial charge in [0.2, 0.25) is 10.0 Å². The molecule has 0 spiro atoms. The normalized spacial score (nSPS) is 20.7. The lowest BCUT2D eigenvalue weighted by Gasteiger charge is -2.32. The van der Waals surface area contributed by atoms with Crippen LogP contribution in [-0.2, 0) is 15.9 Å². The van der Waals surface area contributed by atoms with Crippen LogP contribution in [0.4, 0.5) is 0 Å². The van der Waals surface area contributed by atoms with E-state index in [4.69, 9.17) is 11.6 Å². The van der Waals surface area contributed by atoms with Crippen molar-refractivity contribution in [1.82, 2.24) is 4.31 Å². The zero-order valence-electron chi connectivity index (χ0n) is 13.0. The highest BCUT2D eigenvalue weighted by Gasteiger charge is 2.30. The quantitative estimate of drug-likeness (QED) is 0.787. The van der Waals surface area contributed by atoms with Gasteiger partial charge >= 0.3 is 0 Å². The lowest BCUT2D eigenvalue weighted by atomic mass is 9.97. The van der Waals surface area contributed by atoms with Crippen molar-refractivity contribution in [3.05, 3.63) is 28.8 Å². The lowest BCUT2D eigenvalue weighted by molar-refractivity contribution is 0.261. The van der Waals surface area contributed by atoms with Crippen LogP contribution in [0.25, 0.3) is 0 Å². The van der Waals surface area contributed by atoms with E-state index in [1.54, 1.807) is 10.4 Å². The molecule has 1 aromatic carbocycles. The number of aryl methyl sites for hydroxylation is 2. The minimum Gasteiger partial charge on any atom is -0.207 e. The maximum Gasteiger partial charge on any atom is 0.243 e. The van der Waals surface area contributed by atoms with Crippen LogP contribution in [0.2, 0.25) is 0 Å². The molecule has 1 atom stereocenters. The first-order chi connectivity index (χ1) is 9.90. The molecule has 0 amide bonds. The number of alkyl halides is 1. The predicted molar refractivity (Wildman–Crippen MR) is 87.2 cm³/mol. The van der Waals surface area contributed by atoms with E-state index in [-0.39, 0.29) is 0 Å². The number of hydrogen-bond acceptors (Lipinski definition) is 2. The number of halogens is 1. The third-order valence-electron chi connectivity index (χ3n) is 4.45. The van der Waals surface area contributed by atoms with E-state index in [1.807, 2.05) is 19.9 Å². The molecule has 3 nitrogen and oxygen atoms in total. The Hall–Kier alpha value is -0.580. The number of sulfonamides is 1. The van der Waals surface area contributed by atoms with Gasteiger partial charge in [-0.3, -0.25) is 0 Å². The second-order valence-electron chi connectivity index (χ2n) is 5.96. The van der Waals surface area contributed by atoms with Crippen molar-refractivity contribution in [1.29, 1.82) is 0 Å². The monoisotopic (exact) mass is 329 g/mol. The van der Waals surface area contributed by atoms with Crippen LogP contribution in [0.5, 0.6) is 0 Å². The first-order valence-electron chi connectivity index (χ1n) is 7.56. The van der Waals surface area contributed by atoms with Gasteiger partial charge in [-0.15, -0.1) is 11.6 Å². The van der Waals surface area contributed by atoms with Gasteiger partial charge in [0.05, 0.1) is 4.90 Å². The third kappa shape index (κ3) is 3.43. The standard InChI is InChI=1S/C16H24ClNO2S/c1-4-14-6-5-7-18(11-14)21(19,20)16-9-15(10-17)12(2)8-13(16)3/h8-9,14H,4-7,10-11H2,1-3H3. The molecule has 0 aliphatic carbocycles. The van der Waals surface area contributed by atoms with Crippen molar-refractivity contribution in [3.63, 3.8) is 0 Å². The van der Waals surface area contributed by atoms with Gasteiger partial charge in [0, 0.05) is 19.0 Å². The Morgan fingerprint density at radius 1 is 1.29 bits per heavy atom. The summed E-state index contributed by atoms with van der Waals surface area (Å²) in [4.78, 5) is 0.417. The average molecular weight is 330 g/mol. The summed E-state index contributed by atoms with van der Waals surface area (Å²) in [5, 5.41) is 0. The summed E-state index contributed by atoms with van der Waals surface area (Å²) < 4.78 is 27.5. The average Bonchev–Trinajstić information content (AvgIpc) is 2.47. The highest BCUT2D eigenvalue weighted by atomic mass is 35.5. The van der Waals surface area contributed by atoms with E-state index in [0.717, 1.165) is 36.0 Å². The Kier molecular flexibility index (Phi) is 5.33. The number of rotatable bonds is 4. The third-order valence-corrected chi connectivity index (χ3v) is 6.75. The van der Waals surface area contributed by atoms with Gasteiger partial charge in [-0.05, 0) is 55.4 Å². The molecule has 1 heterocycles. The summed E-state index contributed by atoms with van der Waals surface area (Å²) in [6, 6.07) is 3.68. The predicted octanol–water partition coefficient (Wildman–Crippen LogP) is 3.85. The molecule has 0 N–H and O–H groups in total. The summed E-state index contributed by atoms with van der Waals surface area (Å²) >= 11 is 5.93. The Bertz CT molecular complexity index is 613. The molecular weight excluding hydrogens is 306 g/mol. The maximum absolute atomic E-state index is 12.9. The highest BCUT2D eigenvalue weighted by Crippen LogP contribution is 2.29. The Balaban J connectivity index is 2.39. The van der Waals surface area contributed by atoms with Crippen molar-refractivity contribution in [2.24, 2.45) is 5.92 Å². The largest absolute Gasteiger partial charge is 0.243 e. The molecule has 1 saturated heterocycles. The second-order valence-corrected chi connectivity index (χ2v) is 8.13. The van der Waals surface area contributed by atoms with Crippen LogP contribution < -0.4 is 0 Å². The van der Waals surface area contributed by atoms with Crippen LogP contribution in [0.1, 0.15) is 42.9 Å². The Morgan fingerprint density at radius 3 is 2.62 bits per heavy atom. The van der Waals surface area contributed by atoms with Gasteiger partial charge < -0.3 is 0 Å². The topological polar surface area (TPSA) is 37.4 Å². The van der Waals surface area contributed by atoms with Crippen LogP contribution >= 0.6 is 11.6 Å². The maximum atomic E-state index is 12.9. The van der Waals surface area contributed by atoms with Crippen LogP contribution in [-0.4, -0.2) is 25.8 Å². The molecule has 5 heteroatoms.